The topological polar surface area (TPSA) is 34.1 Å². The predicted molar refractivity (Wildman–Crippen MR) is 75.1 cm³/mol. The van der Waals surface area contributed by atoms with Crippen molar-refractivity contribution in [1.82, 2.24) is 0 Å². The Labute approximate surface area is 118 Å². The summed E-state index contributed by atoms with van der Waals surface area (Å²) >= 11 is 12.4. The fourth-order valence-corrected chi connectivity index (χ4v) is 5.42. The van der Waals surface area contributed by atoms with E-state index in [0.29, 0.717) is 17.7 Å². The lowest BCUT2D eigenvalue weighted by Crippen LogP contribution is -2.40. The van der Waals surface area contributed by atoms with Gasteiger partial charge in [-0.2, -0.15) is 0 Å². The van der Waals surface area contributed by atoms with Gasteiger partial charge in [-0.05, 0) is 31.9 Å². The van der Waals surface area contributed by atoms with Crippen LogP contribution in [0.25, 0.3) is 0 Å². The Bertz CT molecular complexity index is 520. The van der Waals surface area contributed by atoms with Crippen molar-refractivity contribution in [3.05, 3.63) is 29.8 Å². The van der Waals surface area contributed by atoms with E-state index in [1.165, 1.54) is 0 Å². The second kappa shape index (κ2) is 5.03. The van der Waals surface area contributed by atoms with Crippen LogP contribution < -0.4 is 0 Å². The third-order valence-corrected chi connectivity index (χ3v) is 6.90. The van der Waals surface area contributed by atoms with Gasteiger partial charge in [0.1, 0.15) is 4.33 Å². The van der Waals surface area contributed by atoms with E-state index >= 15 is 0 Å². The molecule has 2 rings (SSSR count). The summed E-state index contributed by atoms with van der Waals surface area (Å²) in [4.78, 5) is 0.311. The minimum absolute atomic E-state index is 0.311. The Morgan fingerprint density at radius 3 is 2.33 bits per heavy atom. The molecule has 100 valence electrons. The van der Waals surface area contributed by atoms with Crippen molar-refractivity contribution in [2.75, 3.05) is 0 Å². The Balaban J connectivity index is 2.38. The van der Waals surface area contributed by atoms with Gasteiger partial charge in [0, 0.05) is 0 Å². The molecule has 1 atom stereocenters. The maximum absolute atomic E-state index is 12.5. The molecule has 2 nitrogen and oxygen atoms in total. The van der Waals surface area contributed by atoms with Gasteiger partial charge in [-0.1, -0.05) is 30.5 Å². The van der Waals surface area contributed by atoms with Gasteiger partial charge in [0.2, 0.25) is 0 Å². The molecule has 1 aromatic carbocycles. The standard InChI is InChI=1S/C13H16Cl2O2S/c1-10-5-7-11(8-6-10)18(16,17)12-4-2-3-9-13(12,14)15/h5-8,12H,2-4,9H2,1H3. The largest absolute Gasteiger partial charge is 0.223 e. The van der Waals surface area contributed by atoms with E-state index in [1.54, 1.807) is 24.3 Å². The molecule has 1 aliphatic carbocycles. The van der Waals surface area contributed by atoms with E-state index in [4.69, 9.17) is 23.2 Å². The summed E-state index contributed by atoms with van der Waals surface area (Å²) in [5.74, 6) is 0. The average molecular weight is 307 g/mol. The number of benzene rings is 1. The normalized spacial score (nSPS) is 23.8. The smallest absolute Gasteiger partial charge is 0.184 e. The first-order valence-corrected chi connectivity index (χ1v) is 8.33. The fourth-order valence-electron chi connectivity index (χ4n) is 2.34. The third-order valence-electron chi connectivity index (χ3n) is 3.42. The van der Waals surface area contributed by atoms with Crippen LogP contribution in [-0.4, -0.2) is 18.0 Å². The minimum Gasteiger partial charge on any atom is -0.223 e. The molecule has 1 aromatic rings. The molecule has 0 radical (unpaired) electrons. The molecule has 1 unspecified atom stereocenters. The highest BCUT2D eigenvalue weighted by atomic mass is 35.5. The zero-order chi connectivity index (χ0) is 13.4. The van der Waals surface area contributed by atoms with Crippen molar-refractivity contribution >= 4 is 33.0 Å². The van der Waals surface area contributed by atoms with Gasteiger partial charge in [-0.25, -0.2) is 8.42 Å². The van der Waals surface area contributed by atoms with Crippen molar-refractivity contribution in [2.24, 2.45) is 0 Å². The van der Waals surface area contributed by atoms with Crippen LogP contribution in [0, 0.1) is 6.92 Å². The number of hydrogen-bond donors (Lipinski definition) is 0. The number of halogens is 2. The van der Waals surface area contributed by atoms with Gasteiger partial charge >= 0.3 is 0 Å². The summed E-state index contributed by atoms with van der Waals surface area (Å²) in [5.41, 5.74) is 1.03. The lowest BCUT2D eigenvalue weighted by Gasteiger charge is -2.33. The highest BCUT2D eigenvalue weighted by Gasteiger charge is 2.45. The quantitative estimate of drug-likeness (QED) is 0.777. The number of aryl methyl sites for hydroxylation is 1. The first-order valence-electron chi connectivity index (χ1n) is 6.02. The van der Waals surface area contributed by atoms with Crippen LogP contribution in [0.15, 0.2) is 29.2 Å². The van der Waals surface area contributed by atoms with E-state index in [9.17, 15) is 8.42 Å². The maximum Gasteiger partial charge on any atom is 0.184 e. The molecule has 18 heavy (non-hydrogen) atoms. The minimum atomic E-state index is -3.45. The van der Waals surface area contributed by atoms with Gasteiger partial charge in [-0.3, -0.25) is 0 Å². The molecule has 1 aliphatic rings. The Morgan fingerprint density at radius 2 is 1.78 bits per heavy atom. The summed E-state index contributed by atoms with van der Waals surface area (Å²) in [6.07, 6.45) is 2.80. The maximum atomic E-state index is 12.5. The molecule has 5 heteroatoms. The number of rotatable bonds is 2. The highest BCUT2D eigenvalue weighted by molar-refractivity contribution is 7.92. The first-order chi connectivity index (χ1) is 8.34. The number of alkyl halides is 2. The fraction of sp³-hybridized carbons (Fsp3) is 0.538. The summed E-state index contributed by atoms with van der Waals surface area (Å²) in [6, 6.07) is 6.84. The molecular formula is C13H16Cl2O2S. The molecule has 0 N–H and O–H groups in total. The second-order valence-corrected chi connectivity index (χ2v) is 8.53. The van der Waals surface area contributed by atoms with Crippen LogP contribution >= 0.6 is 23.2 Å². The SMILES string of the molecule is Cc1ccc(S(=O)(=O)C2CCCCC2(Cl)Cl)cc1. The molecular weight excluding hydrogens is 291 g/mol. The molecule has 0 spiro atoms. The zero-order valence-electron chi connectivity index (χ0n) is 10.2. The van der Waals surface area contributed by atoms with Gasteiger partial charge in [0.05, 0.1) is 10.1 Å². The van der Waals surface area contributed by atoms with E-state index in [0.717, 1.165) is 18.4 Å². The van der Waals surface area contributed by atoms with Gasteiger partial charge in [-0.15, -0.1) is 23.2 Å². The van der Waals surface area contributed by atoms with E-state index in [2.05, 4.69) is 0 Å². The Morgan fingerprint density at radius 1 is 1.17 bits per heavy atom. The van der Waals surface area contributed by atoms with E-state index < -0.39 is 19.4 Å². The summed E-state index contributed by atoms with van der Waals surface area (Å²) in [7, 11) is -3.45. The van der Waals surface area contributed by atoms with Crippen molar-refractivity contribution < 1.29 is 8.42 Å². The summed E-state index contributed by atoms with van der Waals surface area (Å²) < 4.78 is 23.9. The Hall–Kier alpha value is -0.250. The third kappa shape index (κ3) is 2.68. The van der Waals surface area contributed by atoms with Crippen molar-refractivity contribution in [1.29, 1.82) is 0 Å². The van der Waals surface area contributed by atoms with E-state index in [-0.39, 0.29) is 0 Å². The van der Waals surface area contributed by atoms with Crippen LogP contribution in [0.2, 0.25) is 0 Å². The van der Waals surface area contributed by atoms with Crippen molar-refractivity contribution in [3.8, 4) is 0 Å². The zero-order valence-corrected chi connectivity index (χ0v) is 12.5. The van der Waals surface area contributed by atoms with Crippen LogP contribution in [0.4, 0.5) is 0 Å². The van der Waals surface area contributed by atoms with Crippen molar-refractivity contribution in [2.45, 2.75) is 47.1 Å². The molecule has 0 aromatic heterocycles. The first kappa shape index (κ1) is 14.2. The van der Waals surface area contributed by atoms with E-state index in [1.807, 2.05) is 6.92 Å². The average Bonchev–Trinajstić information content (AvgIpc) is 2.28. The summed E-state index contributed by atoms with van der Waals surface area (Å²) in [5, 5.41) is -0.704. The van der Waals surface area contributed by atoms with Crippen molar-refractivity contribution in [3.63, 3.8) is 0 Å². The molecule has 1 saturated carbocycles. The molecule has 0 amide bonds. The predicted octanol–water partition coefficient (Wildman–Crippen LogP) is 3.89. The molecule has 0 bridgehead atoms. The Kier molecular flexibility index (Phi) is 3.96. The lowest BCUT2D eigenvalue weighted by molar-refractivity contribution is 0.463. The molecule has 1 fully saturated rings. The van der Waals surface area contributed by atoms with Gasteiger partial charge in [0.15, 0.2) is 9.84 Å². The number of hydrogen-bond acceptors (Lipinski definition) is 2. The number of sulfone groups is 1. The van der Waals surface area contributed by atoms with Crippen LogP contribution in [0.3, 0.4) is 0 Å². The lowest BCUT2D eigenvalue weighted by atomic mass is 9.99. The van der Waals surface area contributed by atoms with Gasteiger partial charge < -0.3 is 0 Å². The van der Waals surface area contributed by atoms with Gasteiger partial charge in [0.25, 0.3) is 0 Å². The van der Waals surface area contributed by atoms with Crippen LogP contribution in [0.5, 0.6) is 0 Å². The summed E-state index contributed by atoms with van der Waals surface area (Å²) in [6.45, 7) is 1.92. The molecule has 0 saturated heterocycles. The molecule has 0 aliphatic heterocycles. The van der Waals surface area contributed by atoms with Crippen LogP contribution in [0.1, 0.15) is 31.2 Å². The molecule has 0 heterocycles. The second-order valence-electron chi connectivity index (χ2n) is 4.85. The highest BCUT2D eigenvalue weighted by Crippen LogP contribution is 2.43. The monoisotopic (exact) mass is 306 g/mol. The van der Waals surface area contributed by atoms with Crippen LogP contribution in [-0.2, 0) is 9.84 Å².